The Labute approximate surface area is 253 Å². The van der Waals surface area contributed by atoms with Gasteiger partial charge in [0.1, 0.15) is 23.1 Å². The minimum atomic E-state index is -1.13. The minimum Gasteiger partial charge on any atom is -0.490 e. The standard InChI is InChI=1S/C35H43FN2O5/c1-21-16-24(36)17-22(2)32(21)43-29-13-8-23(34(3,4)41)18-27(29)28-20-37(6)31(39)19-30(28)42-26-11-9-25(10-12-26)38(7)33(40)35(5)14-15-35/h8,13,16-20,25-26,41H,9-12,14-15H2,1-7H3/t25-,26-. The molecule has 2 aliphatic carbocycles. The summed E-state index contributed by atoms with van der Waals surface area (Å²) in [7, 11) is 3.60. The van der Waals surface area contributed by atoms with Crippen LogP contribution in [0.4, 0.5) is 4.39 Å². The maximum Gasteiger partial charge on any atom is 0.254 e. The van der Waals surface area contributed by atoms with Gasteiger partial charge in [0.15, 0.2) is 0 Å². The summed E-state index contributed by atoms with van der Waals surface area (Å²) >= 11 is 0. The molecule has 0 bridgehead atoms. The van der Waals surface area contributed by atoms with E-state index in [1.54, 1.807) is 53.1 Å². The molecule has 5 rings (SSSR count). The van der Waals surface area contributed by atoms with Gasteiger partial charge in [0.25, 0.3) is 5.56 Å². The first-order valence-corrected chi connectivity index (χ1v) is 15.1. The molecule has 8 heteroatoms. The average molecular weight is 591 g/mol. The molecular weight excluding hydrogens is 547 g/mol. The lowest BCUT2D eigenvalue weighted by atomic mass is 9.91. The monoisotopic (exact) mass is 590 g/mol. The van der Waals surface area contributed by atoms with Gasteiger partial charge >= 0.3 is 0 Å². The van der Waals surface area contributed by atoms with Crippen LogP contribution in [0, 0.1) is 25.1 Å². The number of amides is 1. The molecule has 1 heterocycles. The average Bonchev–Trinajstić information content (AvgIpc) is 3.70. The summed E-state index contributed by atoms with van der Waals surface area (Å²) in [5.41, 5.74) is 1.74. The number of benzene rings is 2. The maximum atomic E-state index is 14.0. The molecule has 230 valence electrons. The van der Waals surface area contributed by atoms with Gasteiger partial charge in [-0.1, -0.05) is 13.0 Å². The van der Waals surface area contributed by atoms with Crippen LogP contribution in [0.1, 0.15) is 76.0 Å². The first kappa shape index (κ1) is 30.8. The number of aliphatic hydroxyl groups is 1. The quantitative estimate of drug-likeness (QED) is 0.313. The molecule has 2 saturated carbocycles. The molecular formula is C35H43FN2O5. The normalized spacial score (nSPS) is 19.6. The van der Waals surface area contributed by atoms with Crippen molar-refractivity contribution in [1.82, 2.24) is 9.47 Å². The van der Waals surface area contributed by atoms with Crippen LogP contribution in [-0.2, 0) is 17.4 Å². The molecule has 1 amide bonds. The highest BCUT2D eigenvalue weighted by atomic mass is 19.1. The summed E-state index contributed by atoms with van der Waals surface area (Å²) < 4.78 is 28.5. The van der Waals surface area contributed by atoms with Crippen LogP contribution in [0.2, 0.25) is 0 Å². The molecule has 0 spiro atoms. The van der Waals surface area contributed by atoms with Crippen molar-refractivity contribution in [2.45, 2.75) is 90.9 Å². The van der Waals surface area contributed by atoms with Crippen molar-refractivity contribution in [3.05, 3.63) is 75.5 Å². The number of carbonyl (C=O) groups is 1. The second kappa shape index (κ2) is 11.5. The third kappa shape index (κ3) is 6.49. The van der Waals surface area contributed by atoms with Crippen molar-refractivity contribution >= 4 is 5.91 Å². The lowest BCUT2D eigenvalue weighted by Crippen LogP contribution is -2.43. The number of hydrogen-bond donors (Lipinski definition) is 1. The molecule has 7 nitrogen and oxygen atoms in total. The Morgan fingerprint density at radius 3 is 2.23 bits per heavy atom. The zero-order valence-corrected chi connectivity index (χ0v) is 26.3. The van der Waals surface area contributed by atoms with E-state index in [2.05, 4.69) is 0 Å². The zero-order valence-electron chi connectivity index (χ0n) is 26.3. The van der Waals surface area contributed by atoms with Crippen LogP contribution in [0.5, 0.6) is 17.2 Å². The van der Waals surface area contributed by atoms with Crippen LogP contribution in [0.3, 0.4) is 0 Å². The summed E-state index contributed by atoms with van der Waals surface area (Å²) in [5, 5.41) is 10.9. The van der Waals surface area contributed by atoms with Gasteiger partial charge in [-0.2, -0.15) is 0 Å². The summed E-state index contributed by atoms with van der Waals surface area (Å²) in [5.74, 6) is 1.37. The Bertz CT molecular complexity index is 1570. The molecule has 0 saturated heterocycles. The van der Waals surface area contributed by atoms with Crippen LogP contribution in [0.25, 0.3) is 11.1 Å². The van der Waals surface area contributed by atoms with Gasteiger partial charge < -0.3 is 24.0 Å². The summed E-state index contributed by atoms with van der Waals surface area (Å²) in [6.07, 6.45) is 6.70. The van der Waals surface area contributed by atoms with Gasteiger partial charge in [-0.25, -0.2) is 4.39 Å². The van der Waals surface area contributed by atoms with Crippen LogP contribution >= 0.6 is 0 Å². The van der Waals surface area contributed by atoms with E-state index in [0.29, 0.717) is 45.1 Å². The lowest BCUT2D eigenvalue weighted by molar-refractivity contribution is -0.138. The first-order valence-electron chi connectivity index (χ1n) is 15.1. The van der Waals surface area contributed by atoms with Gasteiger partial charge in [-0.05, 0) is 107 Å². The minimum absolute atomic E-state index is 0.120. The highest BCUT2D eigenvalue weighted by Gasteiger charge is 2.47. The zero-order chi connectivity index (χ0) is 31.3. The SMILES string of the molecule is Cc1cc(F)cc(C)c1Oc1ccc(C(C)(C)O)cc1-c1cn(C)c(=O)cc1O[C@H]1CC[C@H](N(C)C(=O)C2(C)CC2)CC1. The number of halogens is 1. The smallest absolute Gasteiger partial charge is 0.254 e. The van der Waals surface area contributed by atoms with Gasteiger partial charge in [-0.3, -0.25) is 9.59 Å². The molecule has 1 N–H and O–H groups in total. The molecule has 2 aromatic carbocycles. The van der Waals surface area contributed by atoms with Crippen LogP contribution < -0.4 is 15.0 Å². The summed E-state index contributed by atoms with van der Waals surface area (Å²) in [4.78, 5) is 27.7. The number of rotatable bonds is 8. The molecule has 0 radical (unpaired) electrons. The van der Waals surface area contributed by atoms with E-state index in [1.165, 1.54) is 22.8 Å². The van der Waals surface area contributed by atoms with E-state index in [9.17, 15) is 19.1 Å². The molecule has 43 heavy (non-hydrogen) atoms. The second-order valence-electron chi connectivity index (χ2n) is 13.3. The summed E-state index contributed by atoms with van der Waals surface area (Å²) in [6, 6.07) is 9.99. The number of nitrogens with zero attached hydrogens (tertiary/aromatic N) is 2. The Balaban J connectivity index is 1.47. The molecule has 1 aromatic heterocycles. The first-order chi connectivity index (χ1) is 20.2. The van der Waals surface area contributed by atoms with Crippen molar-refractivity contribution < 1.29 is 23.8 Å². The van der Waals surface area contributed by atoms with E-state index in [-0.39, 0.29) is 34.8 Å². The molecule has 0 aliphatic heterocycles. The fourth-order valence-corrected chi connectivity index (χ4v) is 6.01. The number of pyridine rings is 1. The van der Waals surface area contributed by atoms with Crippen LogP contribution in [-0.4, -0.2) is 39.7 Å². The van der Waals surface area contributed by atoms with E-state index in [0.717, 1.165) is 38.5 Å². The molecule has 0 unspecified atom stereocenters. The van der Waals surface area contributed by atoms with Crippen molar-refractivity contribution in [3.63, 3.8) is 0 Å². The van der Waals surface area contributed by atoms with Crippen molar-refractivity contribution in [2.75, 3.05) is 7.05 Å². The molecule has 0 atom stereocenters. The second-order valence-corrected chi connectivity index (χ2v) is 13.3. The fourth-order valence-electron chi connectivity index (χ4n) is 6.01. The maximum absolute atomic E-state index is 14.0. The van der Waals surface area contributed by atoms with Crippen molar-refractivity contribution in [3.8, 4) is 28.4 Å². The molecule has 3 aromatic rings. The topological polar surface area (TPSA) is 81.0 Å². The van der Waals surface area contributed by atoms with Gasteiger partial charge in [0.05, 0.1) is 11.7 Å². The van der Waals surface area contributed by atoms with Gasteiger partial charge in [0, 0.05) is 48.9 Å². The fraction of sp³-hybridized carbons (Fsp3) is 0.486. The predicted molar refractivity (Wildman–Crippen MR) is 165 cm³/mol. The van der Waals surface area contributed by atoms with E-state index < -0.39 is 5.60 Å². The highest BCUT2D eigenvalue weighted by Crippen LogP contribution is 2.47. The number of ether oxygens (including phenoxy) is 2. The van der Waals surface area contributed by atoms with Gasteiger partial charge in [0.2, 0.25) is 5.91 Å². The number of aryl methyl sites for hydroxylation is 3. The Morgan fingerprint density at radius 1 is 1.02 bits per heavy atom. The van der Waals surface area contributed by atoms with Gasteiger partial charge in [-0.15, -0.1) is 0 Å². The van der Waals surface area contributed by atoms with Crippen molar-refractivity contribution in [1.29, 1.82) is 0 Å². The Kier molecular flexibility index (Phi) is 8.20. The predicted octanol–water partition coefficient (Wildman–Crippen LogP) is 6.78. The molecule has 2 fully saturated rings. The largest absolute Gasteiger partial charge is 0.490 e. The number of aromatic nitrogens is 1. The third-order valence-corrected chi connectivity index (χ3v) is 9.13. The Hall–Kier alpha value is -3.65. The third-order valence-electron chi connectivity index (χ3n) is 9.13. The van der Waals surface area contributed by atoms with Crippen LogP contribution in [0.15, 0.2) is 47.4 Å². The molecule has 2 aliphatic rings. The summed E-state index contributed by atoms with van der Waals surface area (Å²) in [6.45, 7) is 9.06. The lowest BCUT2D eigenvalue weighted by Gasteiger charge is -2.36. The Morgan fingerprint density at radius 2 is 1.65 bits per heavy atom. The number of hydrogen-bond acceptors (Lipinski definition) is 5. The van der Waals surface area contributed by atoms with Crippen molar-refractivity contribution in [2.24, 2.45) is 12.5 Å². The number of carbonyl (C=O) groups excluding carboxylic acids is 1. The van der Waals surface area contributed by atoms with E-state index in [4.69, 9.17) is 9.47 Å². The highest BCUT2D eigenvalue weighted by molar-refractivity contribution is 5.85. The van der Waals surface area contributed by atoms with E-state index >= 15 is 0 Å². The van der Waals surface area contributed by atoms with E-state index in [1.807, 2.05) is 24.9 Å².